The standard InChI is InChI=1S/C22H26N4O2S.CH2O2/c1-17-16-20(29(27,28)26-13-3-12-25(2)14-15-26)8-9-21(17)18-4-6-19(7-5-18)22-10-11-23-24-22;2-1-3/h4-11,16H,3,12-15H2,1-2H3,(H,23,24);1H,(H,2,3). The number of carbonyl (C=O) groups is 1. The van der Waals surface area contributed by atoms with Crippen molar-refractivity contribution in [2.45, 2.75) is 18.2 Å². The molecular weight excluding hydrogens is 428 g/mol. The lowest BCUT2D eigenvalue weighted by Gasteiger charge is -2.21. The van der Waals surface area contributed by atoms with Crippen molar-refractivity contribution in [1.29, 1.82) is 0 Å². The molecule has 0 saturated carbocycles. The Morgan fingerprint density at radius 2 is 1.69 bits per heavy atom. The van der Waals surface area contributed by atoms with Crippen LogP contribution < -0.4 is 0 Å². The highest BCUT2D eigenvalue weighted by atomic mass is 32.2. The maximum absolute atomic E-state index is 13.1. The van der Waals surface area contributed by atoms with Gasteiger partial charge in [0.05, 0.1) is 10.6 Å². The Balaban J connectivity index is 0.000000913. The number of nitrogens with one attached hydrogen (secondary N) is 1. The predicted molar refractivity (Wildman–Crippen MR) is 124 cm³/mol. The van der Waals surface area contributed by atoms with Gasteiger partial charge in [-0.2, -0.15) is 9.40 Å². The molecule has 1 saturated heterocycles. The number of aryl methyl sites for hydroxylation is 1. The van der Waals surface area contributed by atoms with Gasteiger partial charge in [-0.15, -0.1) is 0 Å². The van der Waals surface area contributed by atoms with Gasteiger partial charge in [-0.1, -0.05) is 30.3 Å². The van der Waals surface area contributed by atoms with Crippen LogP contribution >= 0.6 is 0 Å². The van der Waals surface area contributed by atoms with Crippen LogP contribution in [0.4, 0.5) is 0 Å². The van der Waals surface area contributed by atoms with Crippen LogP contribution in [0.2, 0.25) is 0 Å². The number of nitrogens with zero attached hydrogens (tertiary/aromatic N) is 3. The Morgan fingerprint density at radius 3 is 2.31 bits per heavy atom. The van der Waals surface area contributed by atoms with Gasteiger partial charge in [-0.25, -0.2) is 8.42 Å². The Labute approximate surface area is 188 Å². The molecule has 0 bridgehead atoms. The van der Waals surface area contributed by atoms with Crippen LogP contribution in [-0.2, 0) is 14.8 Å². The highest BCUT2D eigenvalue weighted by Gasteiger charge is 2.26. The van der Waals surface area contributed by atoms with Crippen molar-refractivity contribution in [3.63, 3.8) is 0 Å². The SMILES string of the molecule is Cc1cc(S(=O)(=O)N2CCCN(C)CC2)ccc1-c1ccc(-c2ccn[nH]2)cc1.O=CO. The fraction of sp³-hybridized carbons (Fsp3) is 0.304. The number of aromatic nitrogens is 2. The third kappa shape index (κ3) is 5.42. The van der Waals surface area contributed by atoms with Crippen molar-refractivity contribution in [3.8, 4) is 22.4 Å². The van der Waals surface area contributed by atoms with E-state index in [1.165, 1.54) is 0 Å². The van der Waals surface area contributed by atoms with Crippen molar-refractivity contribution in [1.82, 2.24) is 19.4 Å². The van der Waals surface area contributed by atoms with E-state index in [9.17, 15) is 8.42 Å². The molecular formula is C23H28N4O4S. The molecule has 170 valence electrons. The average Bonchev–Trinajstić information content (AvgIpc) is 3.22. The third-order valence-electron chi connectivity index (χ3n) is 5.52. The van der Waals surface area contributed by atoms with E-state index < -0.39 is 10.0 Å². The van der Waals surface area contributed by atoms with E-state index in [0.717, 1.165) is 47.5 Å². The molecule has 8 nitrogen and oxygen atoms in total. The molecule has 1 aromatic heterocycles. The van der Waals surface area contributed by atoms with Crippen molar-refractivity contribution in [2.24, 2.45) is 0 Å². The molecule has 0 unspecified atom stereocenters. The van der Waals surface area contributed by atoms with Crippen LogP contribution in [0, 0.1) is 6.92 Å². The number of hydrogen-bond donors (Lipinski definition) is 2. The van der Waals surface area contributed by atoms with Gasteiger partial charge in [-0.3, -0.25) is 9.89 Å². The van der Waals surface area contributed by atoms with Crippen LogP contribution in [0.5, 0.6) is 0 Å². The quantitative estimate of drug-likeness (QED) is 0.585. The molecule has 2 aromatic carbocycles. The molecule has 3 aromatic rings. The zero-order valence-electron chi connectivity index (χ0n) is 18.2. The Bertz CT molecular complexity index is 1130. The summed E-state index contributed by atoms with van der Waals surface area (Å²) in [6.45, 7) is 4.52. The number of rotatable bonds is 4. The Hall–Kier alpha value is -3.01. The maximum Gasteiger partial charge on any atom is 0.290 e. The van der Waals surface area contributed by atoms with Crippen LogP contribution in [0.15, 0.2) is 59.6 Å². The van der Waals surface area contributed by atoms with E-state index in [1.54, 1.807) is 22.6 Å². The second-order valence-electron chi connectivity index (χ2n) is 7.69. The fourth-order valence-electron chi connectivity index (χ4n) is 3.78. The first-order valence-electron chi connectivity index (χ1n) is 10.3. The lowest BCUT2D eigenvalue weighted by molar-refractivity contribution is -0.122. The minimum atomic E-state index is -3.47. The molecule has 0 aliphatic carbocycles. The summed E-state index contributed by atoms with van der Waals surface area (Å²) >= 11 is 0. The van der Waals surface area contributed by atoms with Gasteiger partial charge in [0, 0.05) is 25.8 Å². The van der Waals surface area contributed by atoms with Gasteiger partial charge in [0.15, 0.2) is 0 Å². The second kappa shape index (κ2) is 10.5. The zero-order chi connectivity index (χ0) is 23.1. The van der Waals surface area contributed by atoms with Crippen molar-refractivity contribution >= 4 is 16.5 Å². The summed E-state index contributed by atoms with van der Waals surface area (Å²) in [6.07, 6.45) is 2.59. The number of carboxylic acid groups (broad SMARTS) is 1. The predicted octanol–water partition coefficient (Wildman–Crippen LogP) is 3.08. The van der Waals surface area contributed by atoms with Crippen molar-refractivity contribution < 1.29 is 18.3 Å². The summed E-state index contributed by atoms with van der Waals surface area (Å²) in [5, 5.41) is 13.8. The van der Waals surface area contributed by atoms with Crippen LogP contribution in [0.1, 0.15) is 12.0 Å². The molecule has 4 rings (SSSR count). The molecule has 1 aliphatic rings. The Morgan fingerprint density at radius 1 is 1.00 bits per heavy atom. The van der Waals surface area contributed by atoms with Crippen molar-refractivity contribution in [3.05, 3.63) is 60.3 Å². The summed E-state index contributed by atoms with van der Waals surface area (Å²) in [5.74, 6) is 0. The van der Waals surface area contributed by atoms with Gasteiger partial charge in [-0.05, 0) is 67.4 Å². The first-order chi connectivity index (χ1) is 15.4. The van der Waals surface area contributed by atoms with Gasteiger partial charge < -0.3 is 10.0 Å². The number of aromatic amines is 1. The van der Waals surface area contributed by atoms with Crippen LogP contribution in [0.3, 0.4) is 0 Å². The molecule has 0 atom stereocenters. The number of hydrogen-bond acceptors (Lipinski definition) is 5. The van der Waals surface area contributed by atoms with E-state index >= 15 is 0 Å². The highest BCUT2D eigenvalue weighted by molar-refractivity contribution is 7.89. The summed E-state index contributed by atoms with van der Waals surface area (Å²) in [6, 6.07) is 15.6. The average molecular weight is 457 g/mol. The summed E-state index contributed by atoms with van der Waals surface area (Å²) < 4.78 is 27.9. The van der Waals surface area contributed by atoms with E-state index in [1.807, 2.05) is 38.2 Å². The highest BCUT2D eigenvalue weighted by Crippen LogP contribution is 2.29. The normalized spacial score (nSPS) is 15.4. The topological polar surface area (TPSA) is 107 Å². The minimum absolute atomic E-state index is 0.250. The largest absolute Gasteiger partial charge is 0.483 e. The number of benzene rings is 2. The third-order valence-corrected chi connectivity index (χ3v) is 7.42. The maximum atomic E-state index is 13.1. The summed E-state index contributed by atoms with van der Waals surface area (Å²) in [7, 11) is -1.44. The summed E-state index contributed by atoms with van der Waals surface area (Å²) in [5.41, 5.74) is 5.08. The molecule has 1 aliphatic heterocycles. The molecule has 2 N–H and O–H groups in total. The fourth-order valence-corrected chi connectivity index (χ4v) is 5.33. The second-order valence-corrected chi connectivity index (χ2v) is 9.63. The van der Waals surface area contributed by atoms with E-state index in [2.05, 4.69) is 27.2 Å². The molecule has 2 heterocycles. The smallest absolute Gasteiger partial charge is 0.290 e. The van der Waals surface area contributed by atoms with Crippen LogP contribution in [-0.4, -0.2) is 72.6 Å². The molecule has 32 heavy (non-hydrogen) atoms. The first kappa shape index (κ1) is 23.6. The molecule has 0 radical (unpaired) electrons. The van der Waals surface area contributed by atoms with E-state index in [0.29, 0.717) is 18.0 Å². The summed E-state index contributed by atoms with van der Waals surface area (Å²) in [4.78, 5) is 10.9. The first-order valence-corrected chi connectivity index (χ1v) is 11.8. The molecule has 1 fully saturated rings. The number of likely N-dealkylation sites (N-methyl/N-ethyl adjacent to an activating group) is 1. The van der Waals surface area contributed by atoms with Crippen LogP contribution in [0.25, 0.3) is 22.4 Å². The lowest BCUT2D eigenvalue weighted by Crippen LogP contribution is -2.34. The molecule has 0 amide bonds. The lowest BCUT2D eigenvalue weighted by atomic mass is 9.99. The molecule has 0 spiro atoms. The van der Waals surface area contributed by atoms with E-state index in [4.69, 9.17) is 9.90 Å². The monoisotopic (exact) mass is 456 g/mol. The van der Waals surface area contributed by atoms with Gasteiger partial charge in [0.25, 0.3) is 6.47 Å². The number of H-pyrrole nitrogens is 1. The van der Waals surface area contributed by atoms with Gasteiger partial charge in [0.2, 0.25) is 10.0 Å². The minimum Gasteiger partial charge on any atom is -0.483 e. The molecule has 9 heteroatoms. The van der Waals surface area contributed by atoms with Gasteiger partial charge >= 0.3 is 0 Å². The van der Waals surface area contributed by atoms with E-state index in [-0.39, 0.29) is 6.47 Å². The Kier molecular flexibility index (Phi) is 7.79. The number of sulfonamides is 1. The van der Waals surface area contributed by atoms with Crippen molar-refractivity contribution in [2.75, 3.05) is 33.2 Å². The zero-order valence-corrected chi connectivity index (χ0v) is 19.0. The van der Waals surface area contributed by atoms with Gasteiger partial charge in [0.1, 0.15) is 0 Å².